The molecule has 0 spiro atoms. The molecular weight excluding hydrogens is 476 g/mol. The maximum atomic E-state index is 13.4. The van der Waals surface area contributed by atoms with Crippen molar-refractivity contribution in [2.45, 2.75) is 37.6 Å². The van der Waals surface area contributed by atoms with E-state index in [1.54, 1.807) is 26.0 Å². The number of rotatable bonds is 2. The summed E-state index contributed by atoms with van der Waals surface area (Å²) in [7, 11) is -2.05. The van der Waals surface area contributed by atoms with Gasteiger partial charge in [0.05, 0.1) is 22.8 Å². The third-order valence-corrected chi connectivity index (χ3v) is 7.52. The Labute approximate surface area is 185 Å². The summed E-state index contributed by atoms with van der Waals surface area (Å²) in [4.78, 5) is 2.76. The number of fused-ring (bicyclic) bond motifs is 2. The van der Waals surface area contributed by atoms with E-state index < -0.39 is 33.9 Å². The lowest BCUT2D eigenvalue weighted by Crippen LogP contribution is -2.25. The van der Waals surface area contributed by atoms with Crippen LogP contribution in [0, 0.1) is 13.8 Å². The number of nitrogens with zero attached hydrogens (tertiary/aromatic N) is 2. The van der Waals surface area contributed by atoms with Crippen molar-refractivity contribution in [1.82, 2.24) is 4.98 Å². The summed E-state index contributed by atoms with van der Waals surface area (Å²) in [5.41, 5.74) is 1.54. The lowest BCUT2D eigenvalue weighted by Gasteiger charge is -2.25. The van der Waals surface area contributed by atoms with Crippen LogP contribution in [-0.2, 0) is 29.9 Å². The van der Waals surface area contributed by atoms with E-state index in [-0.39, 0.29) is 17.3 Å². The summed E-state index contributed by atoms with van der Waals surface area (Å²) in [6.45, 7) is 3.44. The van der Waals surface area contributed by atoms with Crippen molar-refractivity contribution < 1.29 is 30.6 Å². The first-order valence-corrected chi connectivity index (χ1v) is 11.1. The number of aryl methyl sites for hydroxylation is 1. The van der Waals surface area contributed by atoms with Crippen LogP contribution in [-0.4, -0.2) is 9.19 Å². The van der Waals surface area contributed by atoms with Gasteiger partial charge in [0, 0.05) is 10.9 Å². The quantitative estimate of drug-likeness (QED) is 0.412. The molecule has 1 unspecified atom stereocenters. The predicted molar refractivity (Wildman–Crippen MR) is 110 cm³/mol. The topological polar surface area (TPSA) is 45.2 Å². The molecule has 2 aromatic heterocycles. The molecule has 32 heavy (non-hydrogen) atoms. The first kappa shape index (κ1) is 22.6. The second-order valence-electron chi connectivity index (χ2n) is 7.16. The van der Waals surface area contributed by atoms with Crippen LogP contribution in [0.15, 0.2) is 40.6 Å². The van der Waals surface area contributed by atoms with Crippen molar-refractivity contribution in [3.05, 3.63) is 63.0 Å². The second kappa shape index (κ2) is 7.77. The Balaban J connectivity index is 1.85. The van der Waals surface area contributed by atoms with Crippen LogP contribution in [0.5, 0.6) is 0 Å². The number of pyridine rings is 1. The number of halogens is 6. The summed E-state index contributed by atoms with van der Waals surface area (Å²) in [6, 6.07) is 6.24. The van der Waals surface area contributed by atoms with Gasteiger partial charge >= 0.3 is 12.4 Å². The van der Waals surface area contributed by atoms with E-state index in [1.165, 1.54) is 15.8 Å². The fraction of sp³-hybridized carbons (Fsp3) is 0.250. The van der Waals surface area contributed by atoms with Crippen molar-refractivity contribution >= 4 is 39.5 Å². The highest BCUT2D eigenvalue weighted by Crippen LogP contribution is 2.42. The average molecular weight is 491 g/mol. The monoisotopic (exact) mass is 491 g/mol. The van der Waals surface area contributed by atoms with E-state index in [1.807, 2.05) is 0 Å². The summed E-state index contributed by atoms with van der Waals surface area (Å²) >= 11 is 0.435. The Kier molecular flexibility index (Phi) is 5.48. The molecule has 0 amide bonds. The van der Waals surface area contributed by atoms with Crippen molar-refractivity contribution in [2.75, 3.05) is 9.62 Å². The van der Waals surface area contributed by atoms with Crippen LogP contribution in [0.2, 0.25) is 0 Å². The van der Waals surface area contributed by atoms with E-state index in [4.69, 9.17) is 0 Å². The summed E-state index contributed by atoms with van der Waals surface area (Å²) in [5.74, 6) is -0.0508. The molecule has 4 rings (SSSR count). The number of nitrogens with one attached hydrogen (secondary N) is 1. The molecule has 0 bridgehead atoms. The maximum absolute atomic E-state index is 13.4. The first-order valence-electron chi connectivity index (χ1n) is 9.16. The van der Waals surface area contributed by atoms with Crippen LogP contribution in [0.3, 0.4) is 0 Å². The molecule has 3 aromatic rings. The lowest BCUT2D eigenvalue weighted by molar-refractivity contribution is -0.141. The molecule has 0 radical (unpaired) electrons. The Morgan fingerprint density at radius 1 is 1.06 bits per heavy atom. The number of hydrogen-bond donors (Lipinski definition) is 1. The van der Waals surface area contributed by atoms with Gasteiger partial charge in [-0.2, -0.15) is 26.3 Å². The van der Waals surface area contributed by atoms with E-state index in [0.29, 0.717) is 33.8 Å². The number of alkyl halides is 6. The fourth-order valence-electron chi connectivity index (χ4n) is 3.29. The predicted octanol–water partition coefficient (Wildman–Crippen LogP) is 6.58. The largest absolute Gasteiger partial charge is 0.433 e. The van der Waals surface area contributed by atoms with Crippen LogP contribution >= 0.6 is 11.3 Å². The Hall–Kier alpha value is -2.60. The Morgan fingerprint density at radius 3 is 2.41 bits per heavy atom. The van der Waals surface area contributed by atoms with Gasteiger partial charge in [-0.25, -0.2) is 9.19 Å². The molecule has 1 aliphatic rings. The van der Waals surface area contributed by atoms with Gasteiger partial charge in [-0.15, -0.1) is 11.3 Å². The molecule has 3 heterocycles. The highest BCUT2D eigenvalue weighted by atomic mass is 32.2. The zero-order chi connectivity index (χ0) is 23.4. The van der Waals surface area contributed by atoms with Crippen LogP contribution < -0.4 is 9.62 Å². The molecule has 1 N–H and O–H groups in total. The van der Waals surface area contributed by atoms with E-state index in [2.05, 4.69) is 10.3 Å². The van der Waals surface area contributed by atoms with Crippen LogP contribution in [0.25, 0.3) is 0 Å². The summed E-state index contributed by atoms with van der Waals surface area (Å²) in [5, 5.41) is 4.06. The minimum atomic E-state index is -4.65. The molecule has 170 valence electrons. The first-order chi connectivity index (χ1) is 14.9. The molecule has 12 heteroatoms. The van der Waals surface area contributed by atoms with Gasteiger partial charge in [-0.1, -0.05) is 12.1 Å². The van der Waals surface area contributed by atoms with Gasteiger partial charge in [0.25, 0.3) is 0 Å². The molecule has 0 fully saturated rings. The summed E-state index contributed by atoms with van der Waals surface area (Å²) in [6.07, 6.45) is -9.22. The van der Waals surface area contributed by atoms with Crippen molar-refractivity contribution in [1.29, 1.82) is 0 Å². The Morgan fingerprint density at radius 2 is 1.78 bits per heavy atom. The van der Waals surface area contributed by atoms with E-state index in [9.17, 15) is 30.6 Å². The minimum absolute atomic E-state index is 0.0440. The standard InChI is InChI=1S/C20H15F6N3OS2/c1-10-3-5-14-17(11(10)2)29(32(30)13-7-16(31-9-13)20(24,25)26)8-12-4-6-15(19(21,22)23)28-18(12)27-14/h3-7,9H,8H2,1-2H3,(H,27,28). The van der Waals surface area contributed by atoms with Gasteiger partial charge in [0.1, 0.15) is 16.4 Å². The molecule has 0 saturated carbocycles. The van der Waals surface area contributed by atoms with Gasteiger partial charge in [-0.05, 0) is 43.2 Å². The average Bonchev–Trinajstić information content (AvgIpc) is 3.14. The second-order valence-corrected chi connectivity index (χ2v) is 9.48. The van der Waals surface area contributed by atoms with E-state index in [0.717, 1.165) is 17.7 Å². The third kappa shape index (κ3) is 4.08. The highest BCUT2D eigenvalue weighted by molar-refractivity contribution is 7.86. The number of hydrogen-bond acceptors (Lipinski definition) is 4. The highest BCUT2D eigenvalue weighted by Gasteiger charge is 2.36. The number of thiophene rings is 1. The van der Waals surface area contributed by atoms with Crippen LogP contribution in [0.1, 0.15) is 27.3 Å². The Bertz CT molecular complexity index is 1220. The van der Waals surface area contributed by atoms with Crippen molar-refractivity contribution in [3.63, 3.8) is 0 Å². The van der Waals surface area contributed by atoms with Gasteiger partial charge < -0.3 is 5.32 Å². The molecular formula is C20H15F6N3OS2. The third-order valence-electron chi connectivity index (χ3n) is 5.04. The molecule has 0 saturated heterocycles. The minimum Gasteiger partial charge on any atom is -0.338 e. The maximum Gasteiger partial charge on any atom is 0.433 e. The van der Waals surface area contributed by atoms with Crippen LogP contribution in [0.4, 0.5) is 43.5 Å². The zero-order valence-corrected chi connectivity index (χ0v) is 18.2. The fourth-order valence-corrected chi connectivity index (χ4v) is 5.61. The van der Waals surface area contributed by atoms with Crippen molar-refractivity contribution in [2.24, 2.45) is 0 Å². The molecule has 1 aromatic carbocycles. The number of anilines is 3. The summed E-state index contributed by atoms with van der Waals surface area (Å²) < 4.78 is 93.4. The smallest absolute Gasteiger partial charge is 0.338 e. The van der Waals surface area contributed by atoms with Gasteiger partial charge in [-0.3, -0.25) is 4.31 Å². The lowest BCUT2D eigenvalue weighted by atomic mass is 10.1. The zero-order valence-electron chi connectivity index (χ0n) is 16.6. The van der Waals surface area contributed by atoms with Crippen molar-refractivity contribution in [3.8, 4) is 0 Å². The molecule has 0 aliphatic carbocycles. The van der Waals surface area contributed by atoms with Gasteiger partial charge in [0.2, 0.25) is 0 Å². The molecule has 1 aliphatic heterocycles. The number of benzene rings is 1. The normalized spacial score (nSPS) is 14.9. The molecule has 1 atom stereocenters. The van der Waals surface area contributed by atoms with Gasteiger partial charge in [0.15, 0.2) is 11.0 Å². The van der Waals surface area contributed by atoms with E-state index >= 15 is 0 Å². The number of aromatic nitrogens is 1. The SMILES string of the molecule is Cc1ccc2c(c1C)N(S(=O)c1csc(C(F)(F)F)c1)Cc1ccc(C(F)(F)F)nc1N2. The molecule has 4 nitrogen and oxygen atoms in total.